The van der Waals surface area contributed by atoms with Gasteiger partial charge in [-0.3, -0.25) is 0 Å². The number of unbranched alkanes of at least 4 members (excludes halogenated alkanes) is 2. The largest absolute Gasteiger partial charge is 0.451 e. The van der Waals surface area contributed by atoms with E-state index in [1.165, 1.54) is 0 Å². The molecule has 0 amide bonds. The van der Waals surface area contributed by atoms with Crippen molar-refractivity contribution in [3.05, 3.63) is 35.9 Å². The van der Waals surface area contributed by atoms with E-state index in [-0.39, 0.29) is 13.2 Å². The number of hydrogen-bond donors (Lipinski definition) is 1. The summed E-state index contributed by atoms with van der Waals surface area (Å²) >= 11 is 0. The molecule has 0 radical (unpaired) electrons. The zero-order valence-corrected chi connectivity index (χ0v) is 9.69. The minimum Gasteiger partial charge on any atom is -0.451 e. The highest BCUT2D eigenvalue weighted by atomic mass is 16.5. The van der Waals surface area contributed by atoms with Gasteiger partial charge in [-0.2, -0.15) is 0 Å². The molecule has 1 rings (SSSR count). The van der Waals surface area contributed by atoms with E-state index in [4.69, 9.17) is 9.84 Å². The highest BCUT2D eigenvalue weighted by Crippen LogP contribution is 2.00. The van der Waals surface area contributed by atoms with Crippen LogP contribution in [0.25, 0.3) is 0 Å². The summed E-state index contributed by atoms with van der Waals surface area (Å²) in [5.74, 6) is 4.64. The van der Waals surface area contributed by atoms with Crippen LogP contribution in [0.3, 0.4) is 0 Å². The van der Waals surface area contributed by atoms with Crippen LogP contribution in [0.2, 0.25) is 0 Å². The van der Waals surface area contributed by atoms with Crippen molar-refractivity contribution >= 4 is 5.97 Å². The molecule has 0 spiro atoms. The minimum atomic E-state index is -0.502. The first-order valence-corrected chi connectivity index (χ1v) is 5.63. The van der Waals surface area contributed by atoms with Gasteiger partial charge in [0, 0.05) is 18.9 Å². The molecule has 1 N–H and O–H groups in total. The Labute approximate surface area is 101 Å². The van der Waals surface area contributed by atoms with Crippen molar-refractivity contribution in [1.82, 2.24) is 0 Å². The van der Waals surface area contributed by atoms with Gasteiger partial charge in [-0.25, -0.2) is 4.79 Å². The van der Waals surface area contributed by atoms with Gasteiger partial charge in [0.2, 0.25) is 0 Å². The van der Waals surface area contributed by atoms with E-state index in [9.17, 15) is 4.79 Å². The second-order valence-corrected chi connectivity index (χ2v) is 3.54. The third kappa shape index (κ3) is 6.39. The van der Waals surface area contributed by atoms with Crippen molar-refractivity contribution in [2.75, 3.05) is 6.61 Å². The second-order valence-electron chi connectivity index (χ2n) is 3.54. The first-order chi connectivity index (χ1) is 8.33. The summed E-state index contributed by atoms with van der Waals surface area (Å²) in [6.07, 6.45) is 2.13. The van der Waals surface area contributed by atoms with Gasteiger partial charge < -0.3 is 9.84 Å². The van der Waals surface area contributed by atoms with Crippen LogP contribution >= 0.6 is 0 Å². The topological polar surface area (TPSA) is 46.5 Å². The number of rotatable bonds is 5. The maximum Gasteiger partial charge on any atom is 0.384 e. The monoisotopic (exact) mass is 232 g/mol. The summed E-state index contributed by atoms with van der Waals surface area (Å²) in [6.45, 7) is 0.422. The van der Waals surface area contributed by atoms with Crippen LogP contribution in [0.5, 0.6) is 0 Å². The Balaban J connectivity index is 2.21. The summed E-state index contributed by atoms with van der Waals surface area (Å²) in [7, 11) is 0. The molecule has 17 heavy (non-hydrogen) atoms. The SMILES string of the molecule is O=C(C#CCCCCO)OCc1ccccc1. The molecule has 0 unspecified atom stereocenters. The zero-order chi connectivity index (χ0) is 12.3. The second kappa shape index (κ2) is 8.37. The van der Waals surface area contributed by atoms with Crippen LogP contribution in [0.1, 0.15) is 24.8 Å². The summed E-state index contributed by atoms with van der Waals surface area (Å²) in [5, 5.41) is 8.55. The van der Waals surface area contributed by atoms with Crippen LogP contribution < -0.4 is 0 Å². The first-order valence-electron chi connectivity index (χ1n) is 5.63. The van der Waals surface area contributed by atoms with E-state index >= 15 is 0 Å². The van der Waals surface area contributed by atoms with Crippen molar-refractivity contribution in [2.24, 2.45) is 0 Å². The summed E-state index contributed by atoms with van der Waals surface area (Å²) in [4.78, 5) is 11.2. The van der Waals surface area contributed by atoms with Crippen LogP contribution in [-0.2, 0) is 16.1 Å². The van der Waals surface area contributed by atoms with Crippen molar-refractivity contribution in [3.8, 4) is 11.8 Å². The lowest BCUT2D eigenvalue weighted by Gasteiger charge is -1.99. The molecule has 1 aromatic rings. The van der Waals surface area contributed by atoms with Gasteiger partial charge in [-0.05, 0) is 18.4 Å². The van der Waals surface area contributed by atoms with Crippen molar-refractivity contribution in [2.45, 2.75) is 25.9 Å². The number of esters is 1. The lowest BCUT2D eigenvalue weighted by molar-refractivity contribution is -0.137. The Hall–Kier alpha value is -1.79. The zero-order valence-electron chi connectivity index (χ0n) is 9.69. The van der Waals surface area contributed by atoms with Crippen LogP contribution in [0.4, 0.5) is 0 Å². The number of aliphatic hydroxyl groups is 1. The van der Waals surface area contributed by atoms with Gasteiger partial charge in [0.05, 0.1) is 0 Å². The standard InChI is InChI=1S/C14H16O3/c15-11-7-2-1-6-10-14(16)17-12-13-8-4-3-5-9-13/h3-5,8-9,15H,1-2,7,11-12H2. The molecule has 1 aromatic carbocycles. The molecule has 0 heterocycles. The highest BCUT2D eigenvalue weighted by molar-refractivity contribution is 5.88. The van der Waals surface area contributed by atoms with Crippen molar-refractivity contribution in [3.63, 3.8) is 0 Å². The normalized spacial score (nSPS) is 9.24. The molecule has 90 valence electrons. The smallest absolute Gasteiger partial charge is 0.384 e. The molecule has 0 aliphatic heterocycles. The molecule has 0 atom stereocenters. The fourth-order valence-corrected chi connectivity index (χ4v) is 1.22. The van der Waals surface area contributed by atoms with Gasteiger partial charge in [0.15, 0.2) is 0 Å². The van der Waals surface area contributed by atoms with Crippen LogP contribution in [0.15, 0.2) is 30.3 Å². The molecule has 0 aliphatic carbocycles. The number of ether oxygens (including phenoxy) is 1. The van der Waals surface area contributed by atoms with Crippen molar-refractivity contribution in [1.29, 1.82) is 0 Å². The first kappa shape index (κ1) is 13.3. The Morgan fingerprint density at radius 1 is 1.24 bits per heavy atom. The minimum absolute atomic E-state index is 0.167. The molecule has 0 saturated carbocycles. The number of carbonyl (C=O) groups is 1. The van der Waals surface area contributed by atoms with Crippen molar-refractivity contribution < 1.29 is 14.6 Å². The third-order valence-electron chi connectivity index (χ3n) is 2.11. The molecule has 0 aromatic heterocycles. The molecular weight excluding hydrogens is 216 g/mol. The summed E-state index contributed by atoms with van der Waals surface area (Å²) in [5.41, 5.74) is 0.947. The maximum atomic E-state index is 11.2. The Morgan fingerprint density at radius 3 is 2.71 bits per heavy atom. The Morgan fingerprint density at radius 2 is 2.00 bits per heavy atom. The fourth-order valence-electron chi connectivity index (χ4n) is 1.22. The van der Waals surface area contributed by atoms with Gasteiger partial charge in [-0.1, -0.05) is 36.3 Å². The van der Waals surface area contributed by atoms with E-state index in [0.717, 1.165) is 12.0 Å². The Kier molecular flexibility index (Phi) is 6.54. The molecular formula is C14H16O3. The van der Waals surface area contributed by atoms with Gasteiger partial charge in [0.25, 0.3) is 0 Å². The van der Waals surface area contributed by atoms with E-state index in [2.05, 4.69) is 11.8 Å². The average Bonchev–Trinajstić information content (AvgIpc) is 2.37. The van der Waals surface area contributed by atoms with E-state index in [0.29, 0.717) is 12.8 Å². The highest BCUT2D eigenvalue weighted by Gasteiger charge is 1.97. The summed E-state index contributed by atoms with van der Waals surface area (Å²) < 4.78 is 4.97. The van der Waals surface area contributed by atoms with E-state index in [1.54, 1.807) is 0 Å². The number of aliphatic hydroxyl groups excluding tert-OH is 1. The van der Waals surface area contributed by atoms with E-state index < -0.39 is 5.97 Å². The molecule has 0 aliphatic rings. The maximum absolute atomic E-state index is 11.2. The molecule has 0 bridgehead atoms. The molecule has 0 fully saturated rings. The fraction of sp³-hybridized carbons (Fsp3) is 0.357. The van der Waals surface area contributed by atoms with Crippen LogP contribution in [0, 0.1) is 11.8 Å². The average molecular weight is 232 g/mol. The number of benzene rings is 1. The van der Waals surface area contributed by atoms with Crippen LogP contribution in [-0.4, -0.2) is 17.7 Å². The van der Waals surface area contributed by atoms with E-state index in [1.807, 2.05) is 30.3 Å². The third-order valence-corrected chi connectivity index (χ3v) is 2.11. The number of carbonyl (C=O) groups excluding carboxylic acids is 1. The Bertz CT molecular complexity index is 387. The predicted octanol–water partition coefficient (Wildman–Crippen LogP) is 1.90. The number of hydrogen-bond acceptors (Lipinski definition) is 3. The lowest BCUT2D eigenvalue weighted by Crippen LogP contribution is -2.01. The molecule has 3 heteroatoms. The predicted molar refractivity (Wildman–Crippen MR) is 65.0 cm³/mol. The molecule has 0 saturated heterocycles. The van der Waals surface area contributed by atoms with Gasteiger partial charge in [-0.15, -0.1) is 0 Å². The molecule has 3 nitrogen and oxygen atoms in total. The quantitative estimate of drug-likeness (QED) is 0.365. The summed E-state index contributed by atoms with van der Waals surface area (Å²) in [6, 6.07) is 9.48. The van der Waals surface area contributed by atoms with Gasteiger partial charge >= 0.3 is 5.97 Å². The lowest BCUT2D eigenvalue weighted by atomic mass is 10.2. The van der Waals surface area contributed by atoms with Gasteiger partial charge in [0.1, 0.15) is 6.61 Å².